The van der Waals surface area contributed by atoms with Crippen molar-refractivity contribution in [1.29, 1.82) is 0 Å². The average molecular weight is 195 g/mol. The van der Waals surface area contributed by atoms with Gasteiger partial charge in [-0.2, -0.15) is 0 Å². The SMILES string of the molecule is CNC(=O)c1ccc(C)cc1SC. The van der Waals surface area contributed by atoms with Crippen LogP contribution in [-0.4, -0.2) is 19.2 Å². The molecule has 1 amide bonds. The summed E-state index contributed by atoms with van der Waals surface area (Å²) in [4.78, 5) is 12.4. The Kier molecular flexibility index (Phi) is 3.37. The van der Waals surface area contributed by atoms with Crippen molar-refractivity contribution in [3.05, 3.63) is 29.3 Å². The molecule has 13 heavy (non-hydrogen) atoms. The van der Waals surface area contributed by atoms with Crippen LogP contribution in [0, 0.1) is 6.92 Å². The highest BCUT2D eigenvalue weighted by atomic mass is 32.2. The fourth-order valence-electron chi connectivity index (χ4n) is 1.12. The number of benzene rings is 1. The Hall–Kier alpha value is -0.960. The Balaban J connectivity index is 3.13. The predicted molar refractivity (Wildman–Crippen MR) is 56.4 cm³/mol. The number of carbonyl (C=O) groups is 1. The van der Waals surface area contributed by atoms with E-state index in [0.717, 1.165) is 10.5 Å². The van der Waals surface area contributed by atoms with Crippen molar-refractivity contribution in [2.45, 2.75) is 11.8 Å². The first-order chi connectivity index (χ1) is 6.19. The van der Waals surface area contributed by atoms with Crippen LogP contribution in [0.1, 0.15) is 15.9 Å². The number of amides is 1. The molecule has 0 aliphatic heterocycles. The minimum absolute atomic E-state index is 0.0237. The number of aryl methyl sites for hydroxylation is 1. The molecule has 0 saturated carbocycles. The maximum Gasteiger partial charge on any atom is 0.252 e. The molecule has 70 valence electrons. The molecule has 0 saturated heterocycles. The number of nitrogens with one attached hydrogen (secondary N) is 1. The second kappa shape index (κ2) is 4.33. The first-order valence-electron chi connectivity index (χ1n) is 4.05. The molecular weight excluding hydrogens is 182 g/mol. The average Bonchev–Trinajstić information content (AvgIpc) is 2.16. The van der Waals surface area contributed by atoms with Gasteiger partial charge in [-0.05, 0) is 30.9 Å². The summed E-state index contributed by atoms with van der Waals surface area (Å²) in [6.45, 7) is 2.02. The molecule has 0 atom stereocenters. The predicted octanol–water partition coefficient (Wildman–Crippen LogP) is 2.08. The van der Waals surface area contributed by atoms with E-state index >= 15 is 0 Å². The minimum atomic E-state index is -0.0237. The molecule has 0 aliphatic carbocycles. The Morgan fingerprint density at radius 2 is 2.15 bits per heavy atom. The van der Waals surface area contributed by atoms with Gasteiger partial charge >= 0.3 is 0 Å². The van der Waals surface area contributed by atoms with Crippen LogP contribution in [0.15, 0.2) is 23.1 Å². The number of hydrogen-bond donors (Lipinski definition) is 1. The molecule has 0 bridgehead atoms. The lowest BCUT2D eigenvalue weighted by atomic mass is 10.1. The quantitative estimate of drug-likeness (QED) is 0.732. The van der Waals surface area contributed by atoms with Crippen molar-refractivity contribution in [2.75, 3.05) is 13.3 Å². The van der Waals surface area contributed by atoms with Gasteiger partial charge in [0.05, 0.1) is 5.56 Å². The van der Waals surface area contributed by atoms with E-state index in [4.69, 9.17) is 0 Å². The Morgan fingerprint density at radius 1 is 1.46 bits per heavy atom. The first kappa shape index (κ1) is 10.1. The summed E-state index contributed by atoms with van der Waals surface area (Å²) in [6.07, 6.45) is 1.97. The van der Waals surface area contributed by atoms with Crippen molar-refractivity contribution >= 4 is 17.7 Å². The van der Waals surface area contributed by atoms with Crippen molar-refractivity contribution in [1.82, 2.24) is 5.32 Å². The zero-order chi connectivity index (χ0) is 9.84. The van der Waals surface area contributed by atoms with Crippen LogP contribution in [0.5, 0.6) is 0 Å². The molecule has 0 radical (unpaired) electrons. The Labute approximate surface area is 82.7 Å². The summed E-state index contributed by atoms with van der Waals surface area (Å²) in [5.74, 6) is -0.0237. The minimum Gasteiger partial charge on any atom is -0.355 e. The third kappa shape index (κ3) is 2.25. The normalized spacial score (nSPS) is 9.77. The number of rotatable bonds is 2. The van der Waals surface area contributed by atoms with Crippen molar-refractivity contribution < 1.29 is 4.79 Å². The van der Waals surface area contributed by atoms with Gasteiger partial charge in [-0.3, -0.25) is 4.79 Å². The van der Waals surface area contributed by atoms with E-state index < -0.39 is 0 Å². The van der Waals surface area contributed by atoms with Crippen LogP contribution in [-0.2, 0) is 0 Å². The zero-order valence-corrected chi connectivity index (χ0v) is 8.87. The van der Waals surface area contributed by atoms with Gasteiger partial charge in [0.15, 0.2) is 0 Å². The van der Waals surface area contributed by atoms with Crippen LogP contribution in [0.25, 0.3) is 0 Å². The molecule has 1 N–H and O–H groups in total. The first-order valence-corrected chi connectivity index (χ1v) is 5.28. The molecule has 0 aromatic heterocycles. The van der Waals surface area contributed by atoms with Gasteiger partial charge in [0.25, 0.3) is 5.91 Å². The van der Waals surface area contributed by atoms with Gasteiger partial charge in [-0.25, -0.2) is 0 Å². The van der Waals surface area contributed by atoms with Crippen LogP contribution in [0.4, 0.5) is 0 Å². The summed E-state index contributed by atoms with van der Waals surface area (Å²) >= 11 is 1.59. The molecule has 0 spiro atoms. The van der Waals surface area contributed by atoms with E-state index in [1.54, 1.807) is 18.8 Å². The molecule has 0 heterocycles. The highest BCUT2D eigenvalue weighted by Crippen LogP contribution is 2.21. The molecule has 2 nitrogen and oxygen atoms in total. The molecule has 1 aromatic rings. The van der Waals surface area contributed by atoms with Crippen molar-refractivity contribution in [2.24, 2.45) is 0 Å². The molecule has 0 aliphatic rings. The highest BCUT2D eigenvalue weighted by molar-refractivity contribution is 7.98. The maximum atomic E-state index is 11.4. The van der Waals surface area contributed by atoms with Crippen LogP contribution >= 0.6 is 11.8 Å². The van der Waals surface area contributed by atoms with Crippen LogP contribution < -0.4 is 5.32 Å². The monoisotopic (exact) mass is 195 g/mol. The van der Waals surface area contributed by atoms with E-state index in [9.17, 15) is 4.79 Å². The largest absolute Gasteiger partial charge is 0.355 e. The second-order valence-corrected chi connectivity index (χ2v) is 3.63. The van der Waals surface area contributed by atoms with Gasteiger partial charge in [0, 0.05) is 11.9 Å². The van der Waals surface area contributed by atoms with Gasteiger partial charge in [0.1, 0.15) is 0 Å². The van der Waals surface area contributed by atoms with Crippen molar-refractivity contribution in [3.63, 3.8) is 0 Å². The van der Waals surface area contributed by atoms with E-state index in [2.05, 4.69) is 5.32 Å². The molecule has 1 rings (SSSR count). The lowest BCUT2D eigenvalue weighted by Crippen LogP contribution is -2.18. The van der Waals surface area contributed by atoms with Gasteiger partial charge in [0.2, 0.25) is 0 Å². The maximum absolute atomic E-state index is 11.4. The van der Waals surface area contributed by atoms with Crippen LogP contribution in [0.2, 0.25) is 0 Å². The van der Waals surface area contributed by atoms with Gasteiger partial charge < -0.3 is 5.32 Å². The molecule has 0 unspecified atom stereocenters. The van der Waals surface area contributed by atoms with Gasteiger partial charge in [-0.1, -0.05) is 6.07 Å². The molecular formula is C10H13NOS. The Morgan fingerprint density at radius 3 is 2.69 bits per heavy atom. The smallest absolute Gasteiger partial charge is 0.252 e. The van der Waals surface area contributed by atoms with E-state index in [0.29, 0.717) is 0 Å². The highest BCUT2D eigenvalue weighted by Gasteiger charge is 2.08. The summed E-state index contributed by atoms with van der Waals surface area (Å²) in [7, 11) is 1.65. The van der Waals surface area contributed by atoms with E-state index in [-0.39, 0.29) is 5.91 Å². The number of thioether (sulfide) groups is 1. The summed E-state index contributed by atoms with van der Waals surface area (Å²) in [5.41, 5.74) is 1.93. The van der Waals surface area contributed by atoms with Gasteiger partial charge in [-0.15, -0.1) is 11.8 Å². The lowest BCUT2D eigenvalue weighted by Gasteiger charge is -2.06. The fourth-order valence-corrected chi connectivity index (χ4v) is 1.81. The molecule has 0 fully saturated rings. The summed E-state index contributed by atoms with van der Waals surface area (Å²) in [5, 5.41) is 2.62. The summed E-state index contributed by atoms with van der Waals surface area (Å²) < 4.78 is 0. The summed E-state index contributed by atoms with van der Waals surface area (Å²) in [6, 6.07) is 5.83. The molecule has 3 heteroatoms. The van der Waals surface area contributed by atoms with E-state index in [1.807, 2.05) is 31.4 Å². The third-order valence-electron chi connectivity index (χ3n) is 1.83. The number of carbonyl (C=O) groups excluding carboxylic acids is 1. The van der Waals surface area contributed by atoms with E-state index in [1.165, 1.54) is 5.56 Å². The zero-order valence-electron chi connectivity index (χ0n) is 8.05. The lowest BCUT2D eigenvalue weighted by molar-refractivity contribution is 0.0960. The third-order valence-corrected chi connectivity index (χ3v) is 2.61. The van der Waals surface area contributed by atoms with Crippen molar-refractivity contribution in [3.8, 4) is 0 Å². The topological polar surface area (TPSA) is 29.1 Å². The second-order valence-electron chi connectivity index (χ2n) is 2.78. The van der Waals surface area contributed by atoms with Crippen LogP contribution in [0.3, 0.4) is 0 Å². The molecule has 1 aromatic carbocycles. The standard InChI is InChI=1S/C10H13NOS/c1-7-4-5-8(10(12)11-2)9(6-7)13-3/h4-6H,1-3H3,(H,11,12). The number of hydrogen-bond acceptors (Lipinski definition) is 2. The fraction of sp³-hybridized carbons (Fsp3) is 0.300. The Bertz CT molecular complexity index is 323.